The third kappa shape index (κ3) is 4.34. The maximum absolute atomic E-state index is 12.1. The summed E-state index contributed by atoms with van der Waals surface area (Å²) in [6.45, 7) is 3.36. The van der Waals surface area contributed by atoms with Gasteiger partial charge in [-0.05, 0) is 25.1 Å². The van der Waals surface area contributed by atoms with Crippen molar-refractivity contribution in [3.8, 4) is 17.7 Å². The van der Waals surface area contributed by atoms with E-state index in [-0.39, 0.29) is 36.5 Å². The van der Waals surface area contributed by atoms with E-state index in [1.807, 2.05) is 12.1 Å². The van der Waals surface area contributed by atoms with Crippen LogP contribution < -0.4 is 9.47 Å². The van der Waals surface area contributed by atoms with Gasteiger partial charge in [-0.3, -0.25) is 4.79 Å². The van der Waals surface area contributed by atoms with Gasteiger partial charge in [0.05, 0.1) is 19.3 Å². The predicted octanol–water partition coefficient (Wildman–Crippen LogP) is 2.36. The first-order valence-corrected chi connectivity index (χ1v) is 9.19. The lowest BCUT2D eigenvalue weighted by molar-refractivity contribution is -0.136. The van der Waals surface area contributed by atoms with Gasteiger partial charge in [0.25, 0.3) is 0 Å². The second-order valence-corrected chi connectivity index (χ2v) is 6.50. The minimum absolute atomic E-state index is 0.0702. The minimum Gasteiger partial charge on any atom is -0.496 e. The van der Waals surface area contributed by atoms with E-state index in [2.05, 4.69) is 16.2 Å². The second-order valence-electron chi connectivity index (χ2n) is 6.50. The SMILES string of the molecule is COCc1cc(C)nc(OCC2OC(c3ccccc3OC)=NN2C(C)=O)c1C#N. The first kappa shape index (κ1) is 21.1. The number of hydrogen-bond acceptors (Lipinski definition) is 8. The van der Waals surface area contributed by atoms with E-state index < -0.39 is 6.23 Å². The molecule has 30 heavy (non-hydrogen) atoms. The Bertz CT molecular complexity index is 1010. The largest absolute Gasteiger partial charge is 0.496 e. The van der Waals surface area contributed by atoms with Crippen LogP contribution in [0.25, 0.3) is 0 Å². The normalized spacial score (nSPS) is 15.2. The van der Waals surface area contributed by atoms with Crippen molar-refractivity contribution in [3.63, 3.8) is 0 Å². The highest BCUT2D eigenvalue weighted by atomic mass is 16.6. The van der Waals surface area contributed by atoms with E-state index in [1.165, 1.54) is 11.9 Å². The third-order valence-electron chi connectivity index (χ3n) is 4.35. The number of amides is 1. The van der Waals surface area contributed by atoms with Crippen LogP contribution >= 0.6 is 0 Å². The average molecular weight is 410 g/mol. The number of hydrogen-bond donors (Lipinski definition) is 0. The maximum atomic E-state index is 12.1. The lowest BCUT2D eigenvalue weighted by Gasteiger charge is -2.20. The molecular formula is C21H22N4O5. The number of aromatic nitrogens is 1. The van der Waals surface area contributed by atoms with Crippen molar-refractivity contribution in [1.82, 2.24) is 9.99 Å². The van der Waals surface area contributed by atoms with Crippen LogP contribution in [0.5, 0.6) is 11.6 Å². The average Bonchev–Trinajstić information content (AvgIpc) is 3.16. The summed E-state index contributed by atoms with van der Waals surface area (Å²) in [5.41, 5.74) is 2.24. The van der Waals surface area contributed by atoms with Crippen molar-refractivity contribution in [3.05, 3.63) is 52.7 Å². The lowest BCUT2D eigenvalue weighted by atomic mass is 10.1. The molecule has 0 fully saturated rings. The zero-order valence-corrected chi connectivity index (χ0v) is 17.2. The molecular weight excluding hydrogens is 388 g/mol. The fourth-order valence-electron chi connectivity index (χ4n) is 3.03. The van der Waals surface area contributed by atoms with Gasteiger partial charge in [0.2, 0.25) is 23.9 Å². The number of ether oxygens (including phenoxy) is 4. The molecule has 2 aromatic rings. The number of nitrogens with zero attached hydrogens (tertiary/aromatic N) is 4. The fourth-order valence-corrected chi connectivity index (χ4v) is 3.03. The van der Waals surface area contributed by atoms with Gasteiger partial charge in [-0.25, -0.2) is 4.98 Å². The van der Waals surface area contributed by atoms with Crippen molar-refractivity contribution in [2.45, 2.75) is 26.7 Å². The number of aryl methyl sites for hydroxylation is 1. The predicted molar refractivity (Wildman–Crippen MR) is 107 cm³/mol. The van der Waals surface area contributed by atoms with Crippen molar-refractivity contribution >= 4 is 11.8 Å². The standard InChI is InChI=1S/C21H22N4O5/c1-13-9-15(11-27-3)17(10-22)20(23-13)29-12-19-25(14(2)26)24-21(30-19)16-7-5-6-8-18(16)28-4/h5-9,19H,11-12H2,1-4H3. The van der Waals surface area contributed by atoms with Gasteiger partial charge in [-0.2, -0.15) is 10.3 Å². The Morgan fingerprint density at radius 1 is 1.33 bits per heavy atom. The Hall–Kier alpha value is -3.64. The Morgan fingerprint density at radius 2 is 2.10 bits per heavy atom. The van der Waals surface area contributed by atoms with Crippen LogP contribution in [0.3, 0.4) is 0 Å². The fraction of sp³-hybridized carbons (Fsp3) is 0.333. The Morgan fingerprint density at radius 3 is 2.77 bits per heavy atom. The van der Waals surface area contributed by atoms with Crippen LogP contribution in [0.4, 0.5) is 0 Å². The van der Waals surface area contributed by atoms with Gasteiger partial charge < -0.3 is 18.9 Å². The number of rotatable bonds is 7. The number of para-hydroxylation sites is 1. The number of carbonyl (C=O) groups is 1. The van der Waals surface area contributed by atoms with Gasteiger partial charge >= 0.3 is 0 Å². The number of methoxy groups -OCH3 is 2. The van der Waals surface area contributed by atoms with Gasteiger partial charge in [-0.15, -0.1) is 5.10 Å². The first-order valence-electron chi connectivity index (χ1n) is 9.19. The van der Waals surface area contributed by atoms with E-state index >= 15 is 0 Å². The lowest BCUT2D eigenvalue weighted by Crippen LogP contribution is -2.37. The quantitative estimate of drug-likeness (QED) is 0.690. The van der Waals surface area contributed by atoms with E-state index in [9.17, 15) is 10.1 Å². The van der Waals surface area contributed by atoms with Crippen molar-refractivity contribution in [2.24, 2.45) is 5.10 Å². The van der Waals surface area contributed by atoms with Crippen molar-refractivity contribution in [1.29, 1.82) is 5.26 Å². The van der Waals surface area contributed by atoms with Gasteiger partial charge in [-0.1, -0.05) is 12.1 Å². The van der Waals surface area contributed by atoms with Crippen LogP contribution in [-0.2, 0) is 20.9 Å². The van der Waals surface area contributed by atoms with Crippen molar-refractivity contribution < 1.29 is 23.7 Å². The molecule has 2 heterocycles. The molecule has 0 saturated carbocycles. The van der Waals surface area contributed by atoms with Gasteiger partial charge in [0.15, 0.2) is 0 Å². The molecule has 1 atom stereocenters. The summed E-state index contributed by atoms with van der Waals surface area (Å²) in [6, 6.07) is 11.1. The number of nitriles is 1. The highest BCUT2D eigenvalue weighted by Gasteiger charge is 2.33. The zero-order chi connectivity index (χ0) is 21.7. The molecule has 1 aromatic carbocycles. The van der Waals surface area contributed by atoms with Crippen LogP contribution in [0.15, 0.2) is 35.4 Å². The Kier molecular flexibility index (Phi) is 6.49. The summed E-state index contributed by atoms with van der Waals surface area (Å²) < 4.78 is 22.2. The molecule has 0 N–H and O–H groups in total. The van der Waals surface area contributed by atoms with Crippen LogP contribution in [0.2, 0.25) is 0 Å². The van der Waals surface area contributed by atoms with Crippen LogP contribution in [0.1, 0.15) is 29.3 Å². The van der Waals surface area contributed by atoms with Crippen molar-refractivity contribution in [2.75, 3.05) is 20.8 Å². The maximum Gasteiger partial charge on any atom is 0.244 e. The topological polar surface area (TPSA) is 106 Å². The minimum atomic E-state index is -0.817. The first-order chi connectivity index (χ1) is 14.5. The molecule has 9 heteroatoms. The molecule has 1 aliphatic rings. The van der Waals surface area contributed by atoms with E-state index in [4.69, 9.17) is 18.9 Å². The zero-order valence-electron chi connectivity index (χ0n) is 17.2. The number of carbonyl (C=O) groups excluding carboxylic acids is 1. The summed E-state index contributed by atoms with van der Waals surface area (Å²) in [6.07, 6.45) is -0.817. The second kappa shape index (κ2) is 9.24. The molecule has 156 valence electrons. The summed E-state index contributed by atoms with van der Waals surface area (Å²) >= 11 is 0. The number of pyridine rings is 1. The van der Waals surface area contributed by atoms with E-state index in [1.54, 1.807) is 39.3 Å². The summed E-state index contributed by atoms with van der Waals surface area (Å²) in [5, 5.41) is 15.0. The molecule has 1 aromatic heterocycles. The molecule has 0 saturated heterocycles. The molecule has 1 aliphatic heterocycles. The van der Waals surface area contributed by atoms with E-state index in [0.717, 1.165) is 0 Å². The van der Waals surface area contributed by atoms with Crippen LogP contribution in [0, 0.1) is 18.3 Å². The molecule has 3 rings (SSSR count). The molecule has 0 bridgehead atoms. The molecule has 0 spiro atoms. The Labute approximate surface area is 174 Å². The van der Waals surface area contributed by atoms with Gasteiger partial charge in [0, 0.05) is 25.3 Å². The number of hydrazone groups is 1. The molecule has 1 unspecified atom stereocenters. The van der Waals surface area contributed by atoms with Gasteiger partial charge in [0.1, 0.15) is 24.0 Å². The van der Waals surface area contributed by atoms with E-state index in [0.29, 0.717) is 22.6 Å². The Balaban J connectivity index is 1.83. The molecule has 1 amide bonds. The smallest absolute Gasteiger partial charge is 0.244 e. The highest BCUT2D eigenvalue weighted by molar-refractivity contribution is 5.98. The molecule has 0 aliphatic carbocycles. The summed E-state index contributed by atoms with van der Waals surface area (Å²) in [5.74, 6) is 0.653. The summed E-state index contributed by atoms with van der Waals surface area (Å²) in [4.78, 5) is 16.4. The highest BCUT2D eigenvalue weighted by Crippen LogP contribution is 2.26. The third-order valence-corrected chi connectivity index (χ3v) is 4.35. The summed E-state index contributed by atoms with van der Waals surface area (Å²) in [7, 11) is 3.09. The molecule has 9 nitrogen and oxygen atoms in total. The van der Waals surface area contributed by atoms with Crippen LogP contribution in [-0.4, -0.2) is 48.9 Å². The monoisotopic (exact) mass is 410 g/mol. The molecule has 0 radical (unpaired) electrons. The number of benzene rings is 1.